The molecular weight excluding hydrogens is 425 g/mol. The molecule has 0 aliphatic heterocycles. The number of allylic oxidation sites excluding steroid dienone is 6. The molecule has 6 heteroatoms. The van der Waals surface area contributed by atoms with Gasteiger partial charge in [-0.2, -0.15) is 13.2 Å². The first-order chi connectivity index (χ1) is 15.7. The highest BCUT2D eigenvalue weighted by Crippen LogP contribution is 2.31. The fourth-order valence-electron chi connectivity index (χ4n) is 4.40. The van der Waals surface area contributed by atoms with E-state index < -0.39 is 17.8 Å². The van der Waals surface area contributed by atoms with Gasteiger partial charge in [0.25, 0.3) is 0 Å². The van der Waals surface area contributed by atoms with Crippen LogP contribution in [0.25, 0.3) is 0 Å². The average molecular weight is 459 g/mol. The number of aryl methyl sites for hydroxylation is 1. The van der Waals surface area contributed by atoms with Crippen molar-refractivity contribution in [2.45, 2.75) is 57.8 Å². The van der Waals surface area contributed by atoms with Gasteiger partial charge < -0.3 is 5.32 Å². The zero-order valence-corrected chi connectivity index (χ0v) is 19.5. The summed E-state index contributed by atoms with van der Waals surface area (Å²) in [6.45, 7) is 4.31. The fraction of sp³-hybridized carbons (Fsp3) is 0.444. The van der Waals surface area contributed by atoms with E-state index in [0.29, 0.717) is 18.8 Å². The van der Waals surface area contributed by atoms with E-state index in [1.165, 1.54) is 11.1 Å². The van der Waals surface area contributed by atoms with Crippen LogP contribution in [0, 0.1) is 11.8 Å². The summed E-state index contributed by atoms with van der Waals surface area (Å²) in [5.41, 5.74) is 2.76. The van der Waals surface area contributed by atoms with Crippen molar-refractivity contribution in [3.63, 3.8) is 0 Å². The van der Waals surface area contributed by atoms with Crippen molar-refractivity contribution in [3.8, 4) is 0 Å². The Balaban J connectivity index is 1.80. The van der Waals surface area contributed by atoms with Crippen molar-refractivity contribution in [3.05, 3.63) is 83.0 Å². The van der Waals surface area contributed by atoms with E-state index in [4.69, 9.17) is 0 Å². The summed E-state index contributed by atoms with van der Waals surface area (Å²) < 4.78 is 38.7. The third kappa shape index (κ3) is 6.70. The lowest BCUT2D eigenvalue weighted by molar-refractivity contribution is -0.137. The van der Waals surface area contributed by atoms with Gasteiger partial charge in [-0.05, 0) is 56.2 Å². The van der Waals surface area contributed by atoms with Crippen molar-refractivity contribution in [2.75, 3.05) is 7.05 Å². The molecule has 0 aromatic heterocycles. The minimum Gasteiger partial charge on any atom is -0.358 e. The quantitative estimate of drug-likeness (QED) is 0.520. The molecule has 0 radical (unpaired) electrons. The Bertz CT molecular complexity index is 941. The molecule has 0 spiro atoms. The SMILES string of the molecule is CNC(=O)[C@H](N[C@H](CCc1ccc(C(F)(F)F)cc1)C1=CC=C(C)C(C)C1)C1C=CC=CC1. The number of carbonyl (C=O) groups excluding carboxylic acids is 1. The molecule has 1 amide bonds. The van der Waals surface area contributed by atoms with Crippen LogP contribution >= 0.6 is 0 Å². The first-order valence-corrected chi connectivity index (χ1v) is 11.5. The lowest BCUT2D eigenvalue weighted by Crippen LogP contribution is -2.52. The molecule has 2 aliphatic rings. The molecule has 0 bridgehead atoms. The average Bonchev–Trinajstić information content (AvgIpc) is 2.81. The van der Waals surface area contributed by atoms with Crippen LogP contribution in [0.15, 0.2) is 71.9 Å². The second-order valence-corrected chi connectivity index (χ2v) is 9.01. The molecule has 1 aromatic rings. The molecule has 33 heavy (non-hydrogen) atoms. The maximum atomic E-state index is 12.9. The molecule has 0 heterocycles. The van der Waals surface area contributed by atoms with E-state index in [-0.39, 0.29) is 17.9 Å². The van der Waals surface area contributed by atoms with Gasteiger partial charge in [-0.1, -0.05) is 66.7 Å². The van der Waals surface area contributed by atoms with Gasteiger partial charge in [0.1, 0.15) is 0 Å². The molecule has 2 aliphatic carbocycles. The van der Waals surface area contributed by atoms with E-state index in [1.807, 2.05) is 12.2 Å². The van der Waals surface area contributed by atoms with Gasteiger partial charge in [0.05, 0.1) is 11.6 Å². The molecule has 2 unspecified atom stereocenters. The normalized spacial score (nSPS) is 22.4. The molecular formula is C27H33F3N2O. The Hall–Kier alpha value is -2.60. The first kappa shape index (κ1) is 25.0. The standard InChI is InChI=1S/C27H33F3N2O/c1-18-9-13-22(17-19(18)2)24(16-12-20-10-14-23(15-11-20)27(28,29)30)32-25(26(33)31-3)21-7-5-4-6-8-21/h4-7,9-11,13-15,19,21,24-25,32H,8,12,16-17H2,1-3H3,(H,31,33)/t19?,21?,24-,25-/m1/s1. The zero-order chi connectivity index (χ0) is 24.0. The summed E-state index contributed by atoms with van der Waals surface area (Å²) in [7, 11) is 1.64. The van der Waals surface area contributed by atoms with Crippen LogP contribution in [0.2, 0.25) is 0 Å². The Morgan fingerprint density at radius 3 is 2.45 bits per heavy atom. The van der Waals surface area contributed by atoms with Crippen LogP contribution in [-0.4, -0.2) is 25.0 Å². The van der Waals surface area contributed by atoms with Crippen molar-refractivity contribution < 1.29 is 18.0 Å². The number of amides is 1. The second kappa shape index (κ2) is 11.0. The summed E-state index contributed by atoms with van der Waals surface area (Å²) in [5.74, 6) is 0.398. The lowest BCUT2D eigenvalue weighted by Gasteiger charge is -2.33. The molecule has 4 atom stereocenters. The number of hydrogen-bond donors (Lipinski definition) is 2. The predicted octanol–water partition coefficient (Wildman–Crippen LogP) is 5.76. The number of halogens is 3. The Labute approximate surface area is 194 Å². The summed E-state index contributed by atoms with van der Waals surface area (Å²) in [6, 6.07) is 4.92. The van der Waals surface area contributed by atoms with Crippen molar-refractivity contribution in [1.29, 1.82) is 0 Å². The van der Waals surface area contributed by atoms with E-state index in [1.54, 1.807) is 19.2 Å². The van der Waals surface area contributed by atoms with Crippen LogP contribution < -0.4 is 10.6 Å². The van der Waals surface area contributed by atoms with Gasteiger partial charge in [-0.15, -0.1) is 0 Å². The van der Waals surface area contributed by atoms with E-state index in [0.717, 1.165) is 30.5 Å². The van der Waals surface area contributed by atoms with Crippen LogP contribution in [-0.2, 0) is 17.4 Å². The molecule has 3 rings (SSSR count). The largest absolute Gasteiger partial charge is 0.416 e. The molecule has 178 valence electrons. The van der Waals surface area contributed by atoms with Crippen LogP contribution in [0.4, 0.5) is 13.2 Å². The topological polar surface area (TPSA) is 41.1 Å². The third-order valence-electron chi connectivity index (χ3n) is 6.68. The predicted molar refractivity (Wildman–Crippen MR) is 127 cm³/mol. The van der Waals surface area contributed by atoms with Gasteiger partial charge in [0.2, 0.25) is 5.91 Å². The highest BCUT2D eigenvalue weighted by molar-refractivity contribution is 5.82. The minimum absolute atomic E-state index is 0.0439. The van der Waals surface area contributed by atoms with Gasteiger partial charge in [-0.3, -0.25) is 10.1 Å². The molecule has 3 nitrogen and oxygen atoms in total. The van der Waals surface area contributed by atoms with Gasteiger partial charge in [0, 0.05) is 19.0 Å². The molecule has 0 saturated carbocycles. The zero-order valence-electron chi connectivity index (χ0n) is 19.5. The van der Waals surface area contributed by atoms with Crippen LogP contribution in [0.3, 0.4) is 0 Å². The van der Waals surface area contributed by atoms with Crippen LogP contribution in [0.1, 0.15) is 44.2 Å². The third-order valence-corrected chi connectivity index (χ3v) is 6.68. The highest BCUT2D eigenvalue weighted by Gasteiger charge is 2.31. The van der Waals surface area contributed by atoms with Gasteiger partial charge >= 0.3 is 6.18 Å². The number of hydrogen-bond acceptors (Lipinski definition) is 2. The number of rotatable bonds is 8. The van der Waals surface area contributed by atoms with Gasteiger partial charge in [-0.25, -0.2) is 0 Å². The molecule has 2 N–H and O–H groups in total. The number of nitrogens with one attached hydrogen (secondary N) is 2. The molecule has 0 saturated heterocycles. The highest BCUT2D eigenvalue weighted by atomic mass is 19.4. The van der Waals surface area contributed by atoms with E-state index in [2.05, 4.69) is 48.8 Å². The number of likely N-dealkylation sites (N-methyl/N-ethyl adjacent to an activating group) is 1. The number of benzene rings is 1. The second-order valence-electron chi connectivity index (χ2n) is 9.01. The van der Waals surface area contributed by atoms with E-state index >= 15 is 0 Å². The molecule has 0 fully saturated rings. The molecule has 1 aromatic carbocycles. The Kier molecular flexibility index (Phi) is 8.35. The smallest absolute Gasteiger partial charge is 0.358 e. The number of carbonyl (C=O) groups is 1. The van der Waals surface area contributed by atoms with Crippen molar-refractivity contribution >= 4 is 5.91 Å². The Morgan fingerprint density at radius 2 is 1.88 bits per heavy atom. The summed E-state index contributed by atoms with van der Waals surface area (Å²) in [4.78, 5) is 12.8. The van der Waals surface area contributed by atoms with Crippen LogP contribution in [0.5, 0.6) is 0 Å². The monoisotopic (exact) mass is 458 g/mol. The Morgan fingerprint density at radius 1 is 1.15 bits per heavy atom. The summed E-state index contributed by atoms with van der Waals surface area (Å²) in [5, 5.41) is 6.39. The van der Waals surface area contributed by atoms with Gasteiger partial charge in [0.15, 0.2) is 0 Å². The van der Waals surface area contributed by atoms with Crippen molar-refractivity contribution in [2.24, 2.45) is 11.8 Å². The van der Waals surface area contributed by atoms with E-state index in [9.17, 15) is 18.0 Å². The maximum absolute atomic E-state index is 12.9. The summed E-state index contributed by atoms with van der Waals surface area (Å²) in [6.07, 6.45) is 11.0. The number of alkyl halides is 3. The summed E-state index contributed by atoms with van der Waals surface area (Å²) >= 11 is 0. The fourth-order valence-corrected chi connectivity index (χ4v) is 4.40. The maximum Gasteiger partial charge on any atom is 0.416 e. The van der Waals surface area contributed by atoms with Crippen molar-refractivity contribution in [1.82, 2.24) is 10.6 Å². The minimum atomic E-state index is -4.33. The first-order valence-electron chi connectivity index (χ1n) is 11.5. The lowest BCUT2D eigenvalue weighted by atomic mass is 9.83.